The Morgan fingerprint density at radius 3 is 2.52 bits per heavy atom. The number of benzene rings is 1. The first-order valence-corrected chi connectivity index (χ1v) is 7.36. The van der Waals surface area contributed by atoms with Crippen molar-refractivity contribution in [2.24, 2.45) is 0 Å². The number of hydrogen-bond acceptors (Lipinski definition) is 3. The molecule has 0 fully saturated rings. The molecule has 0 N–H and O–H groups in total. The van der Waals surface area contributed by atoms with Gasteiger partial charge >= 0.3 is 6.09 Å². The summed E-state index contributed by atoms with van der Waals surface area (Å²) in [5.74, 6) is -0.289. The van der Waals surface area contributed by atoms with Gasteiger partial charge in [-0.25, -0.2) is 9.18 Å². The van der Waals surface area contributed by atoms with Crippen LogP contribution in [0.15, 0.2) is 36.7 Å². The van der Waals surface area contributed by atoms with Crippen LogP contribution in [-0.4, -0.2) is 23.7 Å². The summed E-state index contributed by atoms with van der Waals surface area (Å²) in [5, 5.41) is 0. The highest BCUT2D eigenvalue weighted by Crippen LogP contribution is 2.32. The van der Waals surface area contributed by atoms with Crippen molar-refractivity contribution in [3.8, 4) is 11.1 Å². The van der Waals surface area contributed by atoms with Gasteiger partial charge in [0.15, 0.2) is 0 Å². The van der Waals surface area contributed by atoms with Crippen LogP contribution < -0.4 is 4.90 Å². The first-order valence-electron chi connectivity index (χ1n) is 7.36. The largest absolute Gasteiger partial charge is 0.443 e. The number of halogens is 1. The number of carbonyl (C=O) groups is 1. The third-order valence-corrected chi connectivity index (χ3v) is 3.31. The predicted molar refractivity (Wildman–Crippen MR) is 89.0 cm³/mol. The summed E-state index contributed by atoms with van der Waals surface area (Å²) in [6, 6.07) is 6.37. The Labute approximate surface area is 135 Å². The summed E-state index contributed by atoms with van der Waals surface area (Å²) < 4.78 is 18.7. The molecule has 0 spiro atoms. The van der Waals surface area contributed by atoms with E-state index in [0.717, 1.165) is 16.7 Å². The van der Waals surface area contributed by atoms with E-state index in [1.165, 1.54) is 17.0 Å². The van der Waals surface area contributed by atoms with Gasteiger partial charge in [0, 0.05) is 18.8 Å². The van der Waals surface area contributed by atoms with Crippen LogP contribution in [0.4, 0.5) is 14.9 Å². The van der Waals surface area contributed by atoms with Crippen molar-refractivity contribution in [3.63, 3.8) is 0 Å². The fourth-order valence-corrected chi connectivity index (χ4v) is 2.24. The van der Waals surface area contributed by atoms with E-state index in [1.807, 2.05) is 27.7 Å². The lowest BCUT2D eigenvalue weighted by Crippen LogP contribution is -2.34. The van der Waals surface area contributed by atoms with E-state index in [4.69, 9.17) is 4.74 Å². The molecule has 0 saturated carbocycles. The molecule has 1 aromatic heterocycles. The van der Waals surface area contributed by atoms with Crippen molar-refractivity contribution in [1.82, 2.24) is 4.98 Å². The maximum Gasteiger partial charge on any atom is 0.414 e. The Morgan fingerprint density at radius 2 is 1.91 bits per heavy atom. The maximum absolute atomic E-state index is 13.3. The SMILES string of the molecule is Cc1cc(F)ccc1-c1ccncc1N(C)C(=O)OC(C)(C)C. The van der Waals surface area contributed by atoms with Gasteiger partial charge in [-0.1, -0.05) is 6.07 Å². The number of anilines is 1. The van der Waals surface area contributed by atoms with Crippen LogP contribution in [0.5, 0.6) is 0 Å². The number of pyridine rings is 1. The standard InChI is InChI=1S/C18H21FN2O2/c1-12-10-13(19)6-7-14(12)15-8-9-20-11-16(15)21(5)17(22)23-18(2,3)4/h6-11H,1-5H3. The van der Waals surface area contributed by atoms with E-state index in [0.29, 0.717) is 5.69 Å². The summed E-state index contributed by atoms with van der Waals surface area (Å²) in [7, 11) is 1.63. The molecule has 0 radical (unpaired) electrons. The normalized spacial score (nSPS) is 11.2. The van der Waals surface area contributed by atoms with Crippen LogP contribution in [-0.2, 0) is 4.74 Å². The first-order chi connectivity index (χ1) is 10.7. The fraction of sp³-hybridized carbons (Fsp3) is 0.333. The lowest BCUT2D eigenvalue weighted by Gasteiger charge is -2.26. The third kappa shape index (κ3) is 4.06. The zero-order valence-electron chi connectivity index (χ0n) is 14.1. The second kappa shape index (κ2) is 6.36. The Morgan fingerprint density at radius 1 is 1.22 bits per heavy atom. The van der Waals surface area contributed by atoms with Gasteiger partial charge in [-0.05, 0) is 57.0 Å². The minimum absolute atomic E-state index is 0.289. The molecule has 0 atom stereocenters. The van der Waals surface area contributed by atoms with Crippen molar-refractivity contribution < 1.29 is 13.9 Å². The smallest absolute Gasteiger partial charge is 0.414 e. The topological polar surface area (TPSA) is 42.4 Å². The van der Waals surface area contributed by atoms with Gasteiger partial charge in [0.2, 0.25) is 0 Å². The van der Waals surface area contributed by atoms with Crippen molar-refractivity contribution in [1.29, 1.82) is 0 Å². The Kier molecular flexibility index (Phi) is 4.68. The van der Waals surface area contributed by atoms with E-state index >= 15 is 0 Å². The molecule has 4 nitrogen and oxygen atoms in total. The maximum atomic E-state index is 13.3. The van der Waals surface area contributed by atoms with Crippen LogP contribution in [0, 0.1) is 12.7 Å². The Balaban J connectivity index is 2.43. The highest BCUT2D eigenvalue weighted by Gasteiger charge is 2.23. The van der Waals surface area contributed by atoms with Crippen molar-refractivity contribution in [2.75, 3.05) is 11.9 Å². The van der Waals surface area contributed by atoms with Gasteiger partial charge in [-0.2, -0.15) is 0 Å². The molecule has 2 rings (SSSR count). The molecule has 5 heteroatoms. The zero-order chi connectivity index (χ0) is 17.2. The molecule has 1 amide bonds. The first kappa shape index (κ1) is 16.9. The van der Waals surface area contributed by atoms with Crippen molar-refractivity contribution in [3.05, 3.63) is 48.0 Å². The van der Waals surface area contributed by atoms with E-state index in [2.05, 4.69) is 4.98 Å². The average Bonchev–Trinajstić information content (AvgIpc) is 2.45. The number of amides is 1. The van der Waals surface area contributed by atoms with E-state index in [9.17, 15) is 9.18 Å². The van der Waals surface area contributed by atoms with Crippen molar-refractivity contribution in [2.45, 2.75) is 33.3 Å². The summed E-state index contributed by atoms with van der Waals surface area (Å²) in [5.41, 5.74) is 2.45. The van der Waals surface area contributed by atoms with Gasteiger partial charge in [0.25, 0.3) is 0 Å². The van der Waals surface area contributed by atoms with Gasteiger partial charge in [0.1, 0.15) is 11.4 Å². The molecule has 122 valence electrons. The summed E-state index contributed by atoms with van der Waals surface area (Å²) >= 11 is 0. The molecule has 23 heavy (non-hydrogen) atoms. The molecule has 0 bridgehead atoms. The molecule has 0 unspecified atom stereocenters. The van der Waals surface area contributed by atoms with Crippen molar-refractivity contribution >= 4 is 11.8 Å². The van der Waals surface area contributed by atoms with Gasteiger partial charge in [-0.15, -0.1) is 0 Å². The minimum Gasteiger partial charge on any atom is -0.443 e. The second-order valence-electron chi connectivity index (χ2n) is 6.39. The number of carbonyl (C=O) groups excluding carboxylic acids is 1. The summed E-state index contributed by atoms with van der Waals surface area (Å²) in [6.07, 6.45) is 2.78. The monoisotopic (exact) mass is 316 g/mol. The molecule has 0 aliphatic carbocycles. The lowest BCUT2D eigenvalue weighted by molar-refractivity contribution is 0.0589. The molecule has 1 heterocycles. The molecular weight excluding hydrogens is 295 g/mol. The van der Waals surface area contributed by atoms with Gasteiger partial charge < -0.3 is 4.74 Å². The quantitative estimate of drug-likeness (QED) is 0.815. The number of rotatable bonds is 2. The highest BCUT2D eigenvalue weighted by molar-refractivity contribution is 5.93. The third-order valence-electron chi connectivity index (χ3n) is 3.31. The predicted octanol–water partition coefficient (Wildman–Crippen LogP) is 4.57. The Hall–Kier alpha value is -2.43. The molecule has 0 aliphatic heterocycles. The molecule has 1 aromatic carbocycles. The van der Waals surface area contributed by atoms with Crippen LogP contribution in [0.1, 0.15) is 26.3 Å². The number of aryl methyl sites for hydroxylation is 1. The zero-order valence-corrected chi connectivity index (χ0v) is 14.1. The second-order valence-corrected chi connectivity index (χ2v) is 6.39. The summed E-state index contributed by atoms with van der Waals surface area (Å²) in [4.78, 5) is 17.8. The highest BCUT2D eigenvalue weighted by atomic mass is 19.1. The average molecular weight is 316 g/mol. The van der Waals surface area contributed by atoms with Crippen LogP contribution in [0.3, 0.4) is 0 Å². The fourth-order valence-electron chi connectivity index (χ4n) is 2.24. The summed E-state index contributed by atoms with van der Waals surface area (Å²) in [6.45, 7) is 7.27. The lowest BCUT2D eigenvalue weighted by atomic mass is 10.00. The van der Waals surface area contributed by atoms with Crippen LogP contribution >= 0.6 is 0 Å². The molecule has 0 aliphatic rings. The number of aromatic nitrogens is 1. The minimum atomic E-state index is -0.584. The van der Waals surface area contributed by atoms with E-state index < -0.39 is 11.7 Å². The number of hydrogen-bond donors (Lipinski definition) is 0. The van der Waals surface area contributed by atoms with Crippen LogP contribution in [0.25, 0.3) is 11.1 Å². The number of ether oxygens (including phenoxy) is 1. The number of nitrogens with zero attached hydrogens (tertiary/aromatic N) is 2. The molecule has 2 aromatic rings. The molecular formula is C18H21FN2O2. The van der Waals surface area contributed by atoms with E-state index in [-0.39, 0.29) is 5.82 Å². The Bertz CT molecular complexity index is 723. The van der Waals surface area contributed by atoms with Crippen LogP contribution in [0.2, 0.25) is 0 Å². The van der Waals surface area contributed by atoms with E-state index in [1.54, 1.807) is 31.6 Å². The van der Waals surface area contributed by atoms with Gasteiger partial charge in [-0.3, -0.25) is 9.88 Å². The van der Waals surface area contributed by atoms with Gasteiger partial charge in [0.05, 0.1) is 11.9 Å². The molecule has 0 saturated heterocycles.